The Balaban J connectivity index is 1.75. The average Bonchev–Trinajstić information content (AvgIpc) is 2.96. The molecular weight excluding hydrogens is 332 g/mol. The van der Waals surface area contributed by atoms with Crippen LogP contribution in [0.25, 0.3) is 0 Å². The monoisotopic (exact) mass is 356 g/mol. The van der Waals surface area contributed by atoms with Crippen LogP contribution in [0, 0.1) is 0 Å². The lowest BCUT2D eigenvalue weighted by atomic mass is 10.00. The number of thiophene rings is 1. The number of hydrogen-bond donors (Lipinski definition) is 1. The number of fused-ring (bicyclic) bond motifs is 1. The summed E-state index contributed by atoms with van der Waals surface area (Å²) in [6.07, 6.45) is 7.14. The zero-order valence-electron chi connectivity index (χ0n) is 14.8. The lowest BCUT2D eigenvalue weighted by molar-refractivity contribution is 0.0827. The van der Waals surface area contributed by atoms with Crippen LogP contribution in [0.4, 0.5) is 5.69 Å². The SMILES string of the molecule is CN(C)C(=O)c1cccc(NC(=O)c2cc3c(s2)CCCCCC3)c1. The summed E-state index contributed by atoms with van der Waals surface area (Å²) in [6.45, 7) is 0. The Morgan fingerprint density at radius 1 is 1.04 bits per heavy atom. The highest BCUT2D eigenvalue weighted by atomic mass is 32.1. The standard InChI is InChI=1S/C20H24N2O2S/c1-22(2)20(24)15-9-7-10-16(12-15)21-19(23)18-13-14-8-5-3-4-6-11-17(14)25-18/h7,9-10,12-13H,3-6,8,11H2,1-2H3,(H,21,23). The number of aryl methyl sites for hydroxylation is 2. The van der Waals surface area contributed by atoms with Crippen LogP contribution in [0.5, 0.6) is 0 Å². The summed E-state index contributed by atoms with van der Waals surface area (Å²) in [7, 11) is 3.43. The van der Waals surface area contributed by atoms with Crippen molar-refractivity contribution in [2.75, 3.05) is 19.4 Å². The Kier molecular flexibility index (Phi) is 5.53. The number of rotatable bonds is 3. The van der Waals surface area contributed by atoms with Gasteiger partial charge in [0.05, 0.1) is 4.88 Å². The fourth-order valence-corrected chi connectivity index (χ4v) is 4.29. The van der Waals surface area contributed by atoms with E-state index in [0.717, 1.165) is 17.7 Å². The molecule has 1 aliphatic rings. The quantitative estimate of drug-likeness (QED) is 0.888. The second-order valence-electron chi connectivity index (χ2n) is 6.71. The zero-order chi connectivity index (χ0) is 17.8. The predicted molar refractivity (Wildman–Crippen MR) is 103 cm³/mol. The summed E-state index contributed by atoms with van der Waals surface area (Å²) in [5.74, 6) is -0.165. The minimum atomic E-state index is -0.0915. The first-order valence-corrected chi connectivity index (χ1v) is 9.61. The number of nitrogens with one attached hydrogen (secondary N) is 1. The summed E-state index contributed by atoms with van der Waals surface area (Å²) in [4.78, 5) is 28.3. The third-order valence-corrected chi connectivity index (χ3v) is 5.73. The Morgan fingerprint density at radius 2 is 1.80 bits per heavy atom. The first-order chi connectivity index (χ1) is 12.0. The largest absolute Gasteiger partial charge is 0.345 e. The molecule has 25 heavy (non-hydrogen) atoms. The molecule has 0 spiro atoms. The van der Waals surface area contributed by atoms with Crippen molar-refractivity contribution in [3.8, 4) is 0 Å². The number of hydrogen-bond acceptors (Lipinski definition) is 3. The first kappa shape index (κ1) is 17.7. The van der Waals surface area contributed by atoms with Gasteiger partial charge >= 0.3 is 0 Å². The third-order valence-electron chi connectivity index (χ3n) is 4.49. The van der Waals surface area contributed by atoms with Gasteiger partial charge in [-0.15, -0.1) is 11.3 Å². The predicted octanol–water partition coefficient (Wildman–Crippen LogP) is 4.36. The van der Waals surface area contributed by atoms with Gasteiger partial charge in [0.15, 0.2) is 0 Å². The normalized spacial score (nSPS) is 14.2. The van der Waals surface area contributed by atoms with E-state index in [1.165, 1.54) is 41.0 Å². The highest BCUT2D eigenvalue weighted by Crippen LogP contribution is 2.29. The van der Waals surface area contributed by atoms with E-state index in [1.54, 1.807) is 43.6 Å². The zero-order valence-corrected chi connectivity index (χ0v) is 15.6. The molecule has 132 valence electrons. The highest BCUT2D eigenvalue weighted by Gasteiger charge is 2.16. The van der Waals surface area contributed by atoms with Crippen LogP contribution in [0.3, 0.4) is 0 Å². The summed E-state index contributed by atoms with van der Waals surface area (Å²) in [6, 6.07) is 9.14. The molecule has 0 atom stereocenters. The number of benzene rings is 1. The Labute approximate surface area is 152 Å². The molecule has 2 amide bonds. The van der Waals surface area contributed by atoms with E-state index in [4.69, 9.17) is 0 Å². The fraction of sp³-hybridized carbons (Fsp3) is 0.400. The molecule has 4 nitrogen and oxygen atoms in total. The minimum absolute atomic E-state index is 0.0739. The highest BCUT2D eigenvalue weighted by molar-refractivity contribution is 7.14. The second-order valence-corrected chi connectivity index (χ2v) is 7.84. The van der Waals surface area contributed by atoms with Gasteiger partial charge in [-0.25, -0.2) is 0 Å². The summed E-state index contributed by atoms with van der Waals surface area (Å²) >= 11 is 1.61. The molecule has 0 bridgehead atoms. The van der Waals surface area contributed by atoms with Gasteiger partial charge in [0.25, 0.3) is 11.8 Å². The molecule has 0 radical (unpaired) electrons. The van der Waals surface area contributed by atoms with Crippen LogP contribution in [-0.4, -0.2) is 30.8 Å². The van der Waals surface area contributed by atoms with Crippen LogP contribution in [0.2, 0.25) is 0 Å². The van der Waals surface area contributed by atoms with Crippen LogP contribution in [0.1, 0.15) is 56.2 Å². The van der Waals surface area contributed by atoms with Crippen molar-refractivity contribution < 1.29 is 9.59 Å². The Hall–Kier alpha value is -2.14. The third kappa shape index (κ3) is 4.28. The molecule has 0 fully saturated rings. The van der Waals surface area contributed by atoms with Gasteiger partial charge in [-0.05, 0) is 55.5 Å². The van der Waals surface area contributed by atoms with E-state index in [-0.39, 0.29) is 11.8 Å². The molecule has 1 N–H and O–H groups in total. The maximum absolute atomic E-state index is 12.6. The van der Waals surface area contributed by atoms with Gasteiger partial charge in [-0.2, -0.15) is 0 Å². The molecule has 0 saturated heterocycles. The van der Waals surface area contributed by atoms with E-state index in [9.17, 15) is 9.59 Å². The van der Waals surface area contributed by atoms with Crippen LogP contribution in [-0.2, 0) is 12.8 Å². The van der Waals surface area contributed by atoms with Gasteiger partial charge in [-0.1, -0.05) is 18.9 Å². The smallest absolute Gasteiger partial charge is 0.265 e. The second kappa shape index (κ2) is 7.83. The van der Waals surface area contributed by atoms with Crippen molar-refractivity contribution in [1.82, 2.24) is 4.90 Å². The van der Waals surface area contributed by atoms with Gasteiger partial charge in [-0.3, -0.25) is 9.59 Å². The number of amides is 2. The molecule has 2 aromatic rings. The Morgan fingerprint density at radius 3 is 2.56 bits per heavy atom. The van der Waals surface area contributed by atoms with Crippen molar-refractivity contribution >= 4 is 28.8 Å². The van der Waals surface area contributed by atoms with E-state index < -0.39 is 0 Å². The van der Waals surface area contributed by atoms with Crippen molar-refractivity contribution in [3.63, 3.8) is 0 Å². The molecule has 1 aromatic carbocycles. The summed E-state index contributed by atoms with van der Waals surface area (Å²) in [5.41, 5.74) is 2.56. The lowest BCUT2D eigenvalue weighted by Gasteiger charge is -2.11. The summed E-state index contributed by atoms with van der Waals surface area (Å²) < 4.78 is 0. The maximum Gasteiger partial charge on any atom is 0.265 e. The Bertz CT molecular complexity index is 754. The average molecular weight is 356 g/mol. The first-order valence-electron chi connectivity index (χ1n) is 8.79. The number of carbonyl (C=O) groups is 2. The van der Waals surface area contributed by atoms with Crippen molar-refractivity contribution in [1.29, 1.82) is 0 Å². The summed E-state index contributed by atoms with van der Waals surface area (Å²) in [5, 5.41) is 2.93. The van der Waals surface area contributed by atoms with Gasteiger partial charge in [0.2, 0.25) is 0 Å². The molecule has 0 saturated carbocycles. The van der Waals surface area contributed by atoms with Crippen molar-refractivity contribution in [2.24, 2.45) is 0 Å². The molecule has 1 heterocycles. The van der Waals surface area contributed by atoms with E-state index >= 15 is 0 Å². The van der Waals surface area contributed by atoms with Crippen molar-refractivity contribution in [3.05, 3.63) is 51.2 Å². The fourth-order valence-electron chi connectivity index (χ4n) is 3.14. The van der Waals surface area contributed by atoms with Crippen molar-refractivity contribution in [2.45, 2.75) is 38.5 Å². The lowest BCUT2D eigenvalue weighted by Crippen LogP contribution is -2.21. The van der Waals surface area contributed by atoms with Gasteiger partial charge < -0.3 is 10.2 Å². The number of anilines is 1. The van der Waals surface area contributed by atoms with Crippen LogP contribution >= 0.6 is 11.3 Å². The topological polar surface area (TPSA) is 49.4 Å². The van der Waals surface area contributed by atoms with Gasteiger partial charge in [0, 0.05) is 30.2 Å². The van der Waals surface area contributed by atoms with Crippen LogP contribution < -0.4 is 5.32 Å². The molecule has 0 unspecified atom stereocenters. The number of carbonyl (C=O) groups excluding carboxylic acids is 2. The van der Waals surface area contributed by atoms with Gasteiger partial charge in [0.1, 0.15) is 0 Å². The van der Waals surface area contributed by atoms with E-state index in [2.05, 4.69) is 11.4 Å². The minimum Gasteiger partial charge on any atom is -0.345 e. The van der Waals surface area contributed by atoms with E-state index in [1.807, 2.05) is 6.07 Å². The van der Waals surface area contributed by atoms with E-state index in [0.29, 0.717) is 11.3 Å². The molecule has 1 aliphatic carbocycles. The van der Waals surface area contributed by atoms with Crippen LogP contribution in [0.15, 0.2) is 30.3 Å². The number of nitrogens with zero attached hydrogens (tertiary/aromatic N) is 1. The molecule has 3 rings (SSSR count). The molecular formula is C20H24N2O2S. The molecule has 5 heteroatoms. The molecule has 1 aromatic heterocycles. The molecule has 0 aliphatic heterocycles. The maximum atomic E-state index is 12.6.